The number of nitrogens with zero attached hydrogens (tertiary/aromatic N) is 1. The molecule has 0 N–H and O–H groups in total. The molecule has 0 bridgehead atoms. The van der Waals surface area contributed by atoms with Crippen molar-refractivity contribution in [2.45, 2.75) is 32.4 Å². The predicted octanol–water partition coefficient (Wildman–Crippen LogP) is 2.98. The van der Waals surface area contributed by atoms with Crippen LogP contribution in [-0.2, 0) is 6.54 Å². The van der Waals surface area contributed by atoms with Crippen molar-refractivity contribution < 1.29 is 0 Å². The fourth-order valence-corrected chi connectivity index (χ4v) is 2.68. The van der Waals surface area contributed by atoms with Gasteiger partial charge in [-0.1, -0.05) is 6.92 Å². The first-order chi connectivity index (χ1) is 6.25. The summed E-state index contributed by atoms with van der Waals surface area (Å²) in [6.45, 7) is 3.47. The molecule has 0 aromatic carbocycles. The Morgan fingerprint density at radius 3 is 2.85 bits per heavy atom. The zero-order chi connectivity index (χ0) is 9.26. The molecule has 0 saturated heterocycles. The predicted molar refractivity (Wildman–Crippen MR) is 58.0 cm³/mol. The van der Waals surface area contributed by atoms with Crippen LogP contribution in [0.15, 0.2) is 16.8 Å². The molecular formula is C11H17NS. The van der Waals surface area contributed by atoms with Crippen molar-refractivity contribution in [1.82, 2.24) is 4.90 Å². The zero-order valence-corrected chi connectivity index (χ0v) is 9.18. The molecular weight excluding hydrogens is 178 g/mol. The average Bonchev–Trinajstić information content (AvgIpc) is 2.51. The Bertz CT molecular complexity index is 249. The third-order valence-electron chi connectivity index (χ3n) is 2.98. The molecule has 72 valence electrons. The normalized spacial score (nSPS) is 27.6. The van der Waals surface area contributed by atoms with Crippen LogP contribution in [0.4, 0.5) is 0 Å². The number of rotatable bonds is 3. The van der Waals surface area contributed by atoms with E-state index < -0.39 is 0 Å². The summed E-state index contributed by atoms with van der Waals surface area (Å²) in [6.07, 6.45) is 2.78. The minimum atomic E-state index is 0.842. The lowest BCUT2D eigenvalue weighted by molar-refractivity contribution is 0.105. The van der Waals surface area contributed by atoms with E-state index in [4.69, 9.17) is 0 Å². The Hall–Kier alpha value is -0.340. The van der Waals surface area contributed by atoms with Crippen molar-refractivity contribution in [2.24, 2.45) is 5.92 Å². The van der Waals surface area contributed by atoms with E-state index in [1.165, 1.54) is 18.4 Å². The van der Waals surface area contributed by atoms with Crippen LogP contribution in [0.5, 0.6) is 0 Å². The van der Waals surface area contributed by atoms with Crippen LogP contribution in [0.1, 0.15) is 25.3 Å². The molecule has 0 radical (unpaired) electrons. The van der Waals surface area contributed by atoms with Crippen LogP contribution in [0.25, 0.3) is 0 Å². The van der Waals surface area contributed by atoms with Gasteiger partial charge in [0.25, 0.3) is 0 Å². The monoisotopic (exact) mass is 195 g/mol. The van der Waals surface area contributed by atoms with Crippen molar-refractivity contribution in [3.8, 4) is 0 Å². The molecule has 1 heterocycles. The number of thiophene rings is 1. The van der Waals surface area contributed by atoms with E-state index in [1.807, 2.05) is 0 Å². The third-order valence-corrected chi connectivity index (χ3v) is 3.72. The summed E-state index contributed by atoms with van der Waals surface area (Å²) in [4.78, 5) is 2.49. The fraction of sp³-hybridized carbons (Fsp3) is 0.636. The average molecular weight is 195 g/mol. The standard InChI is InChI=1S/C11H17NS/c1-9-5-11(6-9)12(2)7-10-3-4-13-8-10/h3-4,8-9,11H,5-7H2,1-2H3. The van der Waals surface area contributed by atoms with Gasteiger partial charge in [-0.2, -0.15) is 11.3 Å². The van der Waals surface area contributed by atoms with Crippen molar-refractivity contribution >= 4 is 11.3 Å². The molecule has 1 aromatic rings. The summed E-state index contributed by atoms with van der Waals surface area (Å²) < 4.78 is 0. The third kappa shape index (κ3) is 2.12. The Kier molecular flexibility index (Phi) is 2.70. The second-order valence-corrected chi connectivity index (χ2v) is 5.06. The van der Waals surface area contributed by atoms with E-state index in [0.717, 1.165) is 18.5 Å². The first-order valence-electron chi connectivity index (χ1n) is 4.97. The molecule has 0 unspecified atom stereocenters. The molecule has 1 fully saturated rings. The maximum Gasteiger partial charge on any atom is 0.0241 e. The van der Waals surface area contributed by atoms with Gasteiger partial charge in [0.15, 0.2) is 0 Å². The van der Waals surface area contributed by atoms with Gasteiger partial charge in [0.05, 0.1) is 0 Å². The molecule has 2 heteroatoms. The van der Waals surface area contributed by atoms with E-state index in [-0.39, 0.29) is 0 Å². The minimum Gasteiger partial charge on any atom is -0.299 e. The van der Waals surface area contributed by atoms with Gasteiger partial charge < -0.3 is 0 Å². The van der Waals surface area contributed by atoms with Crippen LogP contribution in [0.2, 0.25) is 0 Å². The summed E-state index contributed by atoms with van der Waals surface area (Å²) in [5.74, 6) is 0.954. The molecule has 1 aromatic heterocycles. The Morgan fingerprint density at radius 1 is 1.54 bits per heavy atom. The maximum absolute atomic E-state index is 2.49. The van der Waals surface area contributed by atoms with Crippen molar-refractivity contribution in [3.05, 3.63) is 22.4 Å². The van der Waals surface area contributed by atoms with Gasteiger partial charge >= 0.3 is 0 Å². The zero-order valence-electron chi connectivity index (χ0n) is 8.36. The highest BCUT2D eigenvalue weighted by molar-refractivity contribution is 7.07. The first-order valence-corrected chi connectivity index (χ1v) is 5.91. The highest BCUT2D eigenvalue weighted by Crippen LogP contribution is 2.31. The minimum absolute atomic E-state index is 0.842. The second-order valence-electron chi connectivity index (χ2n) is 4.28. The van der Waals surface area contributed by atoms with Crippen molar-refractivity contribution in [3.63, 3.8) is 0 Å². The highest BCUT2D eigenvalue weighted by Gasteiger charge is 2.28. The molecule has 0 amide bonds. The lowest BCUT2D eigenvalue weighted by atomic mass is 9.81. The topological polar surface area (TPSA) is 3.24 Å². The van der Waals surface area contributed by atoms with Crippen LogP contribution in [0, 0.1) is 5.92 Å². The lowest BCUT2D eigenvalue weighted by Gasteiger charge is -2.39. The van der Waals surface area contributed by atoms with Gasteiger partial charge in [-0.05, 0) is 48.2 Å². The molecule has 1 nitrogen and oxygen atoms in total. The maximum atomic E-state index is 2.49. The van der Waals surface area contributed by atoms with Crippen molar-refractivity contribution in [1.29, 1.82) is 0 Å². The SMILES string of the molecule is CC1CC(N(C)Cc2ccsc2)C1. The van der Waals surface area contributed by atoms with Crippen LogP contribution >= 0.6 is 11.3 Å². The number of hydrogen-bond acceptors (Lipinski definition) is 2. The van der Waals surface area contributed by atoms with Crippen molar-refractivity contribution in [2.75, 3.05) is 7.05 Å². The number of hydrogen-bond donors (Lipinski definition) is 0. The van der Waals surface area contributed by atoms with Gasteiger partial charge in [-0.15, -0.1) is 0 Å². The van der Waals surface area contributed by atoms with E-state index in [0.29, 0.717) is 0 Å². The lowest BCUT2D eigenvalue weighted by Crippen LogP contribution is -2.40. The van der Waals surface area contributed by atoms with Gasteiger partial charge in [0.2, 0.25) is 0 Å². The molecule has 0 spiro atoms. The first kappa shape index (κ1) is 9.22. The van der Waals surface area contributed by atoms with Crippen LogP contribution in [0.3, 0.4) is 0 Å². The van der Waals surface area contributed by atoms with Crippen LogP contribution in [-0.4, -0.2) is 18.0 Å². The Balaban J connectivity index is 1.82. The van der Waals surface area contributed by atoms with E-state index in [2.05, 4.69) is 35.7 Å². The highest BCUT2D eigenvalue weighted by atomic mass is 32.1. The molecule has 2 rings (SSSR count). The summed E-state index contributed by atoms with van der Waals surface area (Å²) in [5, 5.41) is 4.41. The van der Waals surface area contributed by atoms with Crippen LogP contribution < -0.4 is 0 Å². The van der Waals surface area contributed by atoms with Gasteiger partial charge in [0.1, 0.15) is 0 Å². The Labute approximate surface area is 84.4 Å². The Morgan fingerprint density at radius 2 is 2.31 bits per heavy atom. The fourth-order valence-electron chi connectivity index (χ4n) is 2.02. The molecule has 13 heavy (non-hydrogen) atoms. The molecule has 0 aliphatic heterocycles. The van der Waals surface area contributed by atoms with Gasteiger partial charge in [-0.3, -0.25) is 4.90 Å². The summed E-state index contributed by atoms with van der Waals surface area (Å²) >= 11 is 1.79. The molecule has 1 saturated carbocycles. The molecule has 1 aliphatic rings. The smallest absolute Gasteiger partial charge is 0.0241 e. The van der Waals surface area contributed by atoms with Gasteiger partial charge in [0, 0.05) is 12.6 Å². The summed E-state index contributed by atoms with van der Waals surface area (Å²) in [7, 11) is 2.24. The van der Waals surface area contributed by atoms with E-state index in [1.54, 1.807) is 11.3 Å². The van der Waals surface area contributed by atoms with E-state index >= 15 is 0 Å². The quantitative estimate of drug-likeness (QED) is 0.716. The second kappa shape index (κ2) is 3.81. The van der Waals surface area contributed by atoms with E-state index in [9.17, 15) is 0 Å². The largest absolute Gasteiger partial charge is 0.299 e. The summed E-state index contributed by atoms with van der Waals surface area (Å²) in [5.41, 5.74) is 1.46. The molecule has 1 aliphatic carbocycles. The molecule has 0 atom stereocenters. The summed E-state index contributed by atoms with van der Waals surface area (Å²) in [6, 6.07) is 3.07. The van der Waals surface area contributed by atoms with Gasteiger partial charge in [-0.25, -0.2) is 0 Å².